The van der Waals surface area contributed by atoms with Crippen LogP contribution in [0.25, 0.3) is 0 Å². The maximum atomic E-state index is 10.4. The number of fused-ring (bicyclic) bond motifs is 2. The van der Waals surface area contributed by atoms with E-state index in [1.165, 1.54) is 19.3 Å². The molecule has 3 heteroatoms. The highest BCUT2D eigenvalue weighted by Gasteiger charge is 2.38. The summed E-state index contributed by atoms with van der Waals surface area (Å²) in [6.07, 6.45) is 3.70. The van der Waals surface area contributed by atoms with Crippen molar-refractivity contribution in [2.75, 3.05) is 13.1 Å². The molecule has 0 aromatic heterocycles. The lowest BCUT2D eigenvalue weighted by molar-refractivity contribution is -0.141. The van der Waals surface area contributed by atoms with Crippen LogP contribution in [0.2, 0.25) is 0 Å². The number of hydrogen-bond donors (Lipinski definition) is 1. The molecule has 0 aromatic rings. The minimum atomic E-state index is -0.685. The molecule has 1 saturated carbocycles. The summed E-state index contributed by atoms with van der Waals surface area (Å²) in [5, 5.41) is 8.56. The van der Waals surface area contributed by atoms with Gasteiger partial charge in [-0.05, 0) is 31.7 Å². The average molecular weight is 155 g/mol. The second-order valence-corrected chi connectivity index (χ2v) is 3.64. The molecule has 1 aliphatic carbocycles. The van der Waals surface area contributed by atoms with E-state index in [1.807, 2.05) is 0 Å². The summed E-state index contributed by atoms with van der Waals surface area (Å²) in [6, 6.07) is 0.602. The highest BCUT2D eigenvalue weighted by Crippen LogP contribution is 2.38. The fraction of sp³-hybridized carbons (Fsp3) is 0.875. The third-order valence-electron chi connectivity index (χ3n) is 2.89. The molecule has 0 atom stereocenters. The minimum absolute atomic E-state index is 0.247. The second kappa shape index (κ2) is 2.48. The number of nitrogens with zero attached hydrogens (tertiary/aromatic N) is 1. The minimum Gasteiger partial charge on any atom is -0.480 e. The normalized spacial score (nSPS) is 36.4. The second-order valence-electron chi connectivity index (χ2n) is 3.64. The van der Waals surface area contributed by atoms with Gasteiger partial charge in [0.15, 0.2) is 0 Å². The number of carboxylic acid groups (broad SMARTS) is 1. The first-order valence-corrected chi connectivity index (χ1v) is 4.21. The van der Waals surface area contributed by atoms with Gasteiger partial charge in [-0.15, -0.1) is 0 Å². The largest absolute Gasteiger partial charge is 0.480 e. The average Bonchev–Trinajstić information content (AvgIpc) is 1.83. The molecule has 0 radical (unpaired) electrons. The summed E-state index contributed by atoms with van der Waals surface area (Å²) in [6.45, 7) is 1.25. The van der Waals surface area contributed by atoms with Gasteiger partial charge in [0.1, 0.15) is 0 Å². The topological polar surface area (TPSA) is 40.5 Å². The van der Waals surface area contributed by atoms with Gasteiger partial charge in [0, 0.05) is 6.04 Å². The first kappa shape index (κ1) is 7.10. The summed E-state index contributed by atoms with van der Waals surface area (Å²) < 4.78 is 0. The predicted molar refractivity (Wildman–Crippen MR) is 40.3 cm³/mol. The van der Waals surface area contributed by atoms with Crippen molar-refractivity contribution < 1.29 is 9.90 Å². The summed E-state index contributed by atoms with van der Waals surface area (Å²) >= 11 is 0. The molecule has 3 aliphatic rings. The monoisotopic (exact) mass is 155 g/mol. The van der Waals surface area contributed by atoms with Crippen LogP contribution in [0.5, 0.6) is 0 Å². The third kappa shape index (κ3) is 1.25. The molecule has 62 valence electrons. The zero-order valence-corrected chi connectivity index (χ0v) is 6.49. The summed E-state index contributed by atoms with van der Waals surface area (Å²) in [4.78, 5) is 12.5. The molecule has 2 heterocycles. The Morgan fingerprint density at radius 1 is 1.55 bits per heavy atom. The molecular formula is C8H13NO2. The van der Waals surface area contributed by atoms with Crippen molar-refractivity contribution in [2.45, 2.75) is 25.3 Å². The van der Waals surface area contributed by atoms with Crippen molar-refractivity contribution in [1.29, 1.82) is 0 Å². The van der Waals surface area contributed by atoms with E-state index in [4.69, 9.17) is 5.11 Å². The lowest BCUT2D eigenvalue weighted by Crippen LogP contribution is -2.52. The Balaban J connectivity index is 1.88. The first-order valence-electron chi connectivity index (χ1n) is 4.21. The van der Waals surface area contributed by atoms with E-state index in [0.29, 0.717) is 6.04 Å². The van der Waals surface area contributed by atoms with Gasteiger partial charge in [0.05, 0.1) is 6.54 Å². The maximum Gasteiger partial charge on any atom is 0.317 e. The lowest BCUT2D eigenvalue weighted by Gasteiger charge is -2.48. The van der Waals surface area contributed by atoms with Crippen LogP contribution >= 0.6 is 0 Å². The Morgan fingerprint density at radius 3 is 2.73 bits per heavy atom. The van der Waals surface area contributed by atoms with Crippen molar-refractivity contribution >= 4 is 5.97 Å². The van der Waals surface area contributed by atoms with Crippen molar-refractivity contribution in [3.8, 4) is 0 Å². The van der Waals surface area contributed by atoms with Crippen molar-refractivity contribution in [1.82, 2.24) is 4.90 Å². The number of carboxylic acids is 1. The van der Waals surface area contributed by atoms with E-state index in [2.05, 4.69) is 4.90 Å². The number of carbonyl (C=O) groups is 1. The first-order chi connectivity index (χ1) is 5.25. The molecule has 0 spiro atoms. The lowest BCUT2D eigenvalue weighted by atomic mass is 9.73. The van der Waals surface area contributed by atoms with E-state index in [1.54, 1.807) is 0 Å². The van der Waals surface area contributed by atoms with Gasteiger partial charge in [0.25, 0.3) is 0 Å². The van der Waals surface area contributed by atoms with Crippen LogP contribution in [-0.4, -0.2) is 35.1 Å². The van der Waals surface area contributed by atoms with Crippen LogP contribution in [-0.2, 0) is 4.79 Å². The number of aliphatic carboxylic acids is 1. The van der Waals surface area contributed by atoms with Gasteiger partial charge in [-0.2, -0.15) is 0 Å². The molecule has 3 fully saturated rings. The zero-order valence-electron chi connectivity index (χ0n) is 6.49. The molecule has 2 saturated heterocycles. The van der Waals surface area contributed by atoms with Crippen LogP contribution in [0.3, 0.4) is 0 Å². The van der Waals surface area contributed by atoms with Gasteiger partial charge in [0.2, 0.25) is 0 Å². The Hall–Kier alpha value is -0.570. The van der Waals surface area contributed by atoms with Gasteiger partial charge in [-0.1, -0.05) is 0 Å². The molecule has 2 aliphatic heterocycles. The van der Waals surface area contributed by atoms with Gasteiger partial charge >= 0.3 is 5.97 Å². The number of hydrogen-bond acceptors (Lipinski definition) is 2. The number of piperidine rings is 2. The molecule has 3 rings (SSSR count). The van der Waals surface area contributed by atoms with Gasteiger partial charge < -0.3 is 5.11 Å². The highest BCUT2D eigenvalue weighted by molar-refractivity contribution is 5.69. The fourth-order valence-electron chi connectivity index (χ4n) is 2.15. The van der Waals surface area contributed by atoms with Crippen LogP contribution in [0, 0.1) is 5.92 Å². The molecule has 0 unspecified atom stereocenters. The van der Waals surface area contributed by atoms with Crippen LogP contribution in [0.1, 0.15) is 19.3 Å². The number of rotatable bonds is 2. The molecule has 3 nitrogen and oxygen atoms in total. The van der Waals surface area contributed by atoms with E-state index < -0.39 is 5.97 Å². The molecule has 0 aromatic carbocycles. The zero-order chi connectivity index (χ0) is 7.84. The maximum absolute atomic E-state index is 10.4. The van der Waals surface area contributed by atoms with Crippen molar-refractivity contribution in [3.05, 3.63) is 0 Å². The van der Waals surface area contributed by atoms with Gasteiger partial charge in [-0.25, -0.2) is 0 Å². The summed E-state index contributed by atoms with van der Waals surface area (Å²) in [7, 11) is 0. The quantitative estimate of drug-likeness (QED) is 0.633. The molecule has 0 amide bonds. The van der Waals surface area contributed by atoms with Crippen LogP contribution < -0.4 is 0 Å². The van der Waals surface area contributed by atoms with Crippen molar-refractivity contribution in [3.63, 3.8) is 0 Å². The van der Waals surface area contributed by atoms with E-state index in [-0.39, 0.29) is 6.54 Å². The molecule has 11 heavy (non-hydrogen) atoms. The highest BCUT2D eigenvalue weighted by atomic mass is 16.4. The van der Waals surface area contributed by atoms with E-state index >= 15 is 0 Å². The summed E-state index contributed by atoms with van der Waals surface area (Å²) in [5.74, 6) is 0.236. The van der Waals surface area contributed by atoms with Crippen LogP contribution in [0.15, 0.2) is 0 Å². The molecule has 2 bridgehead atoms. The van der Waals surface area contributed by atoms with Crippen molar-refractivity contribution in [2.24, 2.45) is 5.92 Å². The smallest absolute Gasteiger partial charge is 0.317 e. The fourth-order valence-corrected chi connectivity index (χ4v) is 2.15. The Kier molecular flexibility index (Phi) is 1.60. The Morgan fingerprint density at radius 2 is 2.27 bits per heavy atom. The standard InChI is InChI=1S/C8H13NO2/c10-8(11)5-9-2-1-6-3-7(9)4-6/h6-7H,1-5H2,(H,10,11). The molecule has 1 N–H and O–H groups in total. The molecular weight excluding hydrogens is 142 g/mol. The predicted octanol–water partition coefficient (Wildman–Crippen LogP) is 0.555. The third-order valence-corrected chi connectivity index (χ3v) is 2.89. The Labute approximate surface area is 66.0 Å². The van der Waals surface area contributed by atoms with E-state index in [9.17, 15) is 4.79 Å². The summed E-state index contributed by atoms with van der Waals surface area (Å²) in [5.41, 5.74) is 0. The SMILES string of the molecule is O=C(O)CN1CCC2CC1C2. The van der Waals surface area contributed by atoms with Crippen LogP contribution in [0.4, 0.5) is 0 Å². The van der Waals surface area contributed by atoms with Gasteiger partial charge in [-0.3, -0.25) is 9.69 Å². The van der Waals surface area contributed by atoms with E-state index in [0.717, 1.165) is 12.5 Å². The Bertz CT molecular complexity index is 172.